The quantitative estimate of drug-likeness (QED) is 0.900. The van der Waals surface area contributed by atoms with Gasteiger partial charge >= 0.3 is 5.97 Å². The summed E-state index contributed by atoms with van der Waals surface area (Å²) in [6, 6.07) is 4.43. The van der Waals surface area contributed by atoms with Gasteiger partial charge in [-0.3, -0.25) is 4.79 Å². The van der Waals surface area contributed by atoms with Crippen LogP contribution in [0.3, 0.4) is 0 Å². The topological polar surface area (TPSA) is 76.2 Å². The van der Waals surface area contributed by atoms with Crippen LogP contribution < -0.4 is 0 Å². The van der Waals surface area contributed by atoms with Crippen molar-refractivity contribution in [3.05, 3.63) is 35.5 Å². The van der Waals surface area contributed by atoms with E-state index >= 15 is 0 Å². The van der Waals surface area contributed by atoms with Crippen LogP contribution in [0.5, 0.6) is 0 Å². The molecule has 1 aromatic carbocycles. The Labute approximate surface area is 102 Å². The van der Waals surface area contributed by atoms with Gasteiger partial charge in [0.2, 0.25) is 11.7 Å². The molecule has 0 spiro atoms. The highest BCUT2D eigenvalue weighted by Gasteiger charge is 2.11. The minimum absolute atomic E-state index is 0.0796. The van der Waals surface area contributed by atoms with Crippen molar-refractivity contribution >= 4 is 5.97 Å². The van der Waals surface area contributed by atoms with E-state index in [2.05, 4.69) is 10.1 Å². The van der Waals surface area contributed by atoms with Crippen LogP contribution in [0.4, 0.5) is 4.39 Å². The number of carboxylic acids is 1. The second-order valence-corrected chi connectivity index (χ2v) is 3.92. The van der Waals surface area contributed by atoms with Crippen LogP contribution in [0.1, 0.15) is 17.9 Å². The van der Waals surface area contributed by atoms with E-state index in [1.165, 1.54) is 12.1 Å². The van der Waals surface area contributed by atoms with E-state index in [0.29, 0.717) is 5.56 Å². The summed E-state index contributed by atoms with van der Waals surface area (Å²) in [5.41, 5.74) is 1.26. The first-order chi connectivity index (χ1) is 8.54. The van der Waals surface area contributed by atoms with Gasteiger partial charge in [-0.2, -0.15) is 4.98 Å². The molecule has 94 valence electrons. The number of hydrogen-bond acceptors (Lipinski definition) is 4. The van der Waals surface area contributed by atoms with Gasteiger partial charge in [-0.25, -0.2) is 4.39 Å². The van der Waals surface area contributed by atoms with Gasteiger partial charge in [0.25, 0.3) is 0 Å². The van der Waals surface area contributed by atoms with E-state index in [1.807, 2.05) is 0 Å². The van der Waals surface area contributed by atoms with Crippen molar-refractivity contribution in [3.63, 3.8) is 0 Å². The van der Waals surface area contributed by atoms with Crippen molar-refractivity contribution in [1.82, 2.24) is 10.1 Å². The van der Waals surface area contributed by atoms with Crippen molar-refractivity contribution in [2.24, 2.45) is 0 Å². The molecule has 2 aromatic rings. The molecule has 1 heterocycles. The monoisotopic (exact) mass is 250 g/mol. The molecule has 1 aromatic heterocycles. The predicted molar refractivity (Wildman–Crippen MR) is 60.4 cm³/mol. The molecular weight excluding hydrogens is 239 g/mol. The fraction of sp³-hybridized carbons (Fsp3) is 0.250. The minimum atomic E-state index is -0.934. The number of benzene rings is 1. The maximum atomic E-state index is 13.2. The highest BCUT2D eigenvalue weighted by molar-refractivity contribution is 5.66. The Morgan fingerprint density at radius 3 is 2.89 bits per heavy atom. The van der Waals surface area contributed by atoms with Gasteiger partial charge in [0, 0.05) is 12.0 Å². The zero-order chi connectivity index (χ0) is 13.1. The summed E-state index contributed by atoms with van der Waals surface area (Å²) < 4.78 is 18.1. The second kappa shape index (κ2) is 4.95. The van der Waals surface area contributed by atoms with E-state index in [9.17, 15) is 9.18 Å². The van der Waals surface area contributed by atoms with Crippen LogP contribution in [0.2, 0.25) is 0 Å². The van der Waals surface area contributed by atoms with Gasteiger partial charge < -0.3 is 9.63 Å². The Bertz CT molecular complexity index is 560. The third-order valence-corrected chi connectivity index (χ3v) is 2.32. The molecule has 0 amide bonds. The highest BCUT2D eigenvalue weighted by Crippen LogP contribution is 2.19. The van der Waals surface area contributed by atoms with Gasteiger partial charge in [0.15, 0.2) is 0 Å². The molecule has 0 atom stereocenters. The molecule has 0 radical (unpaired) electrons. The fourth-order valence-corrected chi connectivity index (χ4v) is 1.55. The van der Waals surface area contributed by atoms with Crippen LogP contribution in [-0.4, -0.2) is 21.2 Å². The SMILES string of the molecule is Cc1cc(F)cc(-c2noc(CCC(=O)O)n2)c1. The summed E-state index contributed by atoms with van der Waals surface area (Å²) in [5, 5.41) is 12.2. The van der Waals surface area contributed by atoms with E-state index in [0.717, 1.165) is 5.56 Å². The Morgan fingerprint density at radius 2 is 2.22 bits per heavy atom. The van der Waals surface area contributed by atoms with E-state index in [1.54, 1.807) is 13.0 Å². The third kappa shape index (κ3) is 2.91. The zero-order valence-electron chi connectivity index (χ0n) is 9.68. The molecule has 0 aliphatic heterocycles. The standard InChI is InChI=1S/C12H11FN2O3/c1-7-4-8(6-9(13)5-7)12-14-10(18-15-12)2-3-11(16)17/h4-6H,2-3H2,1H3,(H,16,17). The normalized spacial score (nSPS) is 10.6. The van der Waals surface area contributed by atoms with E-state index in [-0.39, 0.29) is 30.4 Å². The van der Waals surface area contributed by atoms with Gasteiger partial charge in [0.05, 0.1) is 6.42 Å². The molecule has 6 heteroatoms. The summed E-state index contributed by atoms with van der Waals surface area (Å²) in [5.74, 6) is -0.814. The third-order valence-electron chi connectivity index (χ3n) is 2.32. The Morgan fingerprint density at radius 1 is 1.44 bits per heavy atom. The summed E-state index contributed by atoms with van der Waals surface area (Å²) in [6.07, 6.45) is 0.0838. The molecule has 0 saturated carbocycles. The van der Waals surface area contributed by atoms with Crippen LogP contribution >= 0.6 is 0 Å². The van der Waals surface area contributed by atoms with Crippen molar-refractivity contribution in [2.75, 3.05) is 0 Å². The number of aliphatic carboxylic acids is 1. The van der Waals surface area contributed by atoms with Crippen molar-refractivity contribution in [1.29, 1.82) is 0 Å². The second-order valence-electron chi connectivity index (χ2n) is 3.92. The predicted octanol–water partition coefficient (Wildman–Crippen LogP) is 2.20. The van der Waals surface area contributed by atoms with Gasteiger partial charge in [-0.05, 0) is 30.7 Å². The van der Waals surface area contributed by atoms with Crippen molar-refractivity contribution in [2.45, 2.75) is 19.8 Å². The fourth-order valence-electron chi connectivity index (χ4n) is 1.55. The van der Waals surface area contributed by atoms with E-state index in [4.69, 9.17) is 9.63 Å². The summed E-state index contributed by atoms with van der Waals surface area (Å²) in [4.78, 5) is 14.4. The van der Waals surface area contributed by atoms with Crippen LogP contribution in [0, 0.1) is 12.7 Å². The first kappa shape index (κ1) is 12.2. The molecule has 5 nitrogen and oxygen atoms in total. The van der Waals surface area contributed by atoms with Crippen molar-refractivity contribution < 1.29 is 18.8 Å². The molecule has 2 rings (SSSR count). The maximum absolute atomic E-state index is 13.2. The lowest BCUT2D eigenvalue weighted by molar-refractivity contribution is -0.137. The Kier molecular flexibility index (Phi) is 3.36. The molecule has 0 aliphatic rings. The average molecular weight is 250 g/mol. The highest BCUT2D eigenvalue weighted by atomic mass is 19.1. The first-order valence-electron chi connectivity index (χ1n) is 5.36. The van der Waals surface area contributed by atoms with Crippen molar-refractivity contribution in [3.8, 4) is 11.4 Å². The number of halogens is 1. The number of aryl methyl sites for hydroxylation is 2. The lowest BCUT2D eigenvalue weighted by atomic mass is 10.1. The van der Waals surface area contributed by atoms with Gasteiger partial charge in [-0.15, -0.1) is 0 Å². The largest absolute Gasteiger partial charge is 0.481 e. The molecular formula is C12H11FN2O3. The Balaban J connectivity index is 2.21. The van der Waals surface area contributed by atoms with Gasteiger partial charge in [0.1, 0.15) is 5.82 Å². The molecule has 0 fully saturated rings. The summed E-state index contributed by atoms with van der Waals surface area (Å²) in [6.45, 7) is 1.76. The number of carbonyl (C=O) groups is 1. The van der Waals surface area contributed by atoms with Crippen LogP contribution in [0.25, 0.3) is 11.4 Å². The van der Waals surface area contributed by atoms with E-state index < -0.39 is 5.97 Å². The lowest BCUT2D eigenvalue weighted by Gasteiger charge is -1.97. The smallest absolute Gasteiger partial charge is 0.303 e. The number of carboxylic acid groups (broad SMARTS) is 1. The average Bonchev–Trinajstić information content (AvgIpc) is 2.73. The Hall–Kier alpha value is -2.24. The molecule has 0 aliphatic carbocycles. The van der Waals surface area contributed by atoms with Crippen LogP contribution in [0.15, 0.2) is 22.7 Å². The summed E-state index contributed by atoms with van der Waals surface area (Å²) >= 11 is 0. The number of hydrogen-bond donors (Lipinski definition) is 1. The molecule has 0 unspecified atom stereocenters. The number of rotatable bonds is 4. The lowest BCUT2D eigenvalue weighted by Crippen LogP contribution is -1.97. The minimum Gasteiger partial charge on any atom is -0.481 e. The molecule has 0 saturated heterocycles. The maximum Gasteiger partial charge on any atom is 0.303 e. The molecule has 1 N–H and O–H groups in total. The van der Waals surface area contributed by atoms with Crippen LogP contribution in [-0.2, 0) is 11.2 Å². The summed E-state index contributed by atoms with van der Waals surface area (Å²) in [7, 11) is 0. The number of aromatic nitrogens is 2. The molecule has 18 heavy (non-hydrogen) atoms. The number of nitrogens with zero attached hydrogens (tertiary/aromatic N) is 2. The molecule has 0 bridgehead atoms. The zero-order valence-corrected chi connectivity index (χ0v) is 9.68. The van der Waals surface area contributed by atoms with Gasteiger partial charge in [-0.1, -0.05) is 5.16 Å². The first-order valence-corrected chi connectivity index (χ1v) is 5.36.